The number of carbonyl (C=O) groups excluding carboxylic acids is 1. The lowest BCUT2D eigenvalue weighted by molar-refractivity contribution is 0.0996. The summed E-state index contributed by atoms with van der Waals surface area (Å²) in [5.41, 5.74) is 0.963. The molecule has 0 aliphatic heterocycles. The Morgan fingerprint density at radius 1 is 1.67 bits per heavy atom. The molecule has 0 spiro atoms. The molecule has 2 heterocycles. The van der Waals surface area contributed by atoms with Crippen molar-refractivity contribution in [2.24, 2.45) is 0 Å². The molecule has 0 aliphatic rings. The van der Waals surface area contributed by atoms with Gasteiger partial charge in [0.1, 0.15) is 5.82 Å². The number of ketones is 1. The van der Waals surface area contributed by atoms with Crippen LogP contribution in [0.1, 0.15) is 17.3 Å². The van der Waals surface area contributed by atoms with Crippen molar-refractivity contribution in [2.45, 2.75) is 11.8 Å². The van der Waals surface area contributed by atoms with E-state index in [1.165, 1.54) is 23.0 Å². The van der Waals surface area contributed by atoms with Gasteiger partial charge in [0.05, 0.1) is 22.7 Å². The fourth-order valence-electron chi connectivity index (χ4n) is 1.41. The van der Waals surface area contributed by atoms with E-state index in [0.717, 1.165) is 0 Å². The maximum Gasteiger partial charge on any atom is 0.178 e. The van der Waals surface area contributed by atoms with E-state index in [2.05, 4.69) is 21.0 Å². The summed E-state index contributed by atoms with van der Waals surface area (Å²) in [6, 6.07) is 2.92. The number of halogens is 2. The van der Waals surface area contributed by atoms with Crippen LogP contribution in [0.5, 0.6) is 0 Å². The largest absolute Gasteiger partial charge is 0.293 e. The number of alkyl halides is 1. The third-order valence-electron chi connectivity index (χ3n) is 2.10. The molecule has 2 rings (SSSR count). The quantitative estimate of drug-likeness (QED) is 0.621. The van der Waals surface area contributed by atoms with Crippen molar-refractivity contribution >= 4 is 27.2 Å². The lowest BCUT2D eigenvalue weighted by atomic mass is 10.1. The molecular weight excluding hydrogens is 263 g/mol. The molecule has 1 atom stereocenters. The molecule has 5 heteroatoms. The van der Waals surface area contributed by atoms with Crippen LogP contribution in [-0.2, 0) is 0 Å². The van der Waals surface area contributed by atoms with Crippen LogP contribution in [0, 0.1) is 5.82 Å². The molecule has 1 unspecified atom stereocenters. The van der Waals surface area contributed by atoms with Gasteiger partial charge in [0, 0.05) is 5.56 Å². The highest BCUT2D eigenvalue weighted by Crippen LogP contribution is 2.17. The lowest BCUT2D eigenvalue weighted by Gasteiger charge is -2.05. The smallest absolute Gasteiger partial charge is 0.178 e. The maximum atomic E-state index is 13.2. The number of hydrogen-bond donors (Lipinski definition) is 0. The average molecular weight is 271 g/mol. The highest BCUT2D eigenvalue weighted by molar-refractivity contribution is 9.10. The first-order chi connectivity index (χ1) is 7.09. The van der Waals surface area contributed by atoms with E-state index in [9.17, 15) is 9.18 Å². The number of aromatic nitrogens is 2. The normalized spacial score (nSPS) is 13.0. The SMILES string of the molecule is CC(Br)C(=O)c1cc(F)cn2nccc12. The Morgan fingerprint density at radius 3 is 3.07 bits per heavy atom. The fourth-order valence-corrected chi connectivity index (χ4v) is 1.65. The number of rotatable bonds is 2. The van der Waals surface area contributed by atoms with E-state index in [1.807, 2.05) is 0 Å². The summed E-state index contributed by atoms with van der Waals surface area (Å²) < 4.78 is 14.5. The van der Waals surface area contributed by atoms with Crippen LogP contribution in [0.3, 0.4) is 0 Å². The van der Waals surface area contributed by atoms with Gasteiger partial charge in [-0.1, -0.05) is 15.9 Å². The van der Waals surface area contributed by atoms with Gasteiger partial charge in [0.15, 0.2) is 5.78 Å². The van der Waals surface area contributed by atoms with E-state index < -0.39 is 5.82 Å². The second-order valence-corrected chi connectivity index (χ2v) is 4.59. The molecule has 78 valence electrons. The minimum Gasteiger partial charge on any atom is -0.293 e. The Bertz CT molecular complexity index is 521. The van der Waals surface area contributed by atoms with Gasteiger partial charge in [-0.25, -0.2) is 8.91 Å². The van der Waals surface area contributed by atoms with Crippen LogP contribution < -0.4 is 0 Å². The van der Waals surface area contributed by atoms with Gasteiger partial charge >= 0.3 is 0 Å². The summed E-state index contributed by atoms with van der Waals surface area (Å²) in [5, 5.41) is 3.89. The van der Waals surface area contributed by atoms with Crippen molar-refractivity contribution in [2.75, 3.05) is 0 Å². The summed E-state index contributed by atoms with van der Waals surface area (Å²) in [4.78, 5) is 11.4. The van der Waals surface area contributed by atoms with Crippen LogP contribution in [0.4, 0.5) is 4.39 Å². The fraction of sp³-hybridized carbons (Fsp3) is 0.200. The predicted molar refractivity (Wildman–Crippen MR) is 57.9 cm³/mol. The van der Waals surface area contributed by atoms with Gasteiger partial charge in [-0.3, -0.25) is 4.79 Å². The number of fused-ring (bicyclic) bond motifs is 1. The molecule has 0 aromatic carbocycles. The second kappa shape index (κ2) is 3.73. The molecule has 2 aromatic rings. The van der Waals surface area contributed by atoms with Gasteiger partial charge in [0.2, 0.25) is 0 Å². The number of Topliss-reactive ketones (excluding diaryl/α,β-unsaturated/α-hetero) is 1. The number of pyridine rings is 1. The van der Waals surface area contributed by atoms with Crippen molar-refractivity contribution < 1.29 is 9.18 Å². The maximum absolute atomic E-state index is 13.2. The van der Waals surface area contributed by atoms with Crippen molar-refractivity contribution in [1.82, 2.24) is 9.61 Å². The average Bonchev–Trinajstić information content (AvgIpc) is 2.62. The van der Waals surface area contributed by atoms with Crippen LogP contribution in [0.2, 0.25) is 0 Å². The number of hydrogen-bond acceptors (Lipinski definition) is 2. The molecule has 0 saturated heterocycles. The summed E-state index contributed by atoms with van der Waals surface area (Å²) in [7, 11) is 0. The molecule has 0 bridgehead atoms. The second-order valence-electron chi connectivity index (χ2n) is 3.21. The zero-order valence-corrected chi connectivity index (χ0v) is 9.53. The highest BCUT2D eigenvalue weighted by Gasteiger charge is 2.16. The zero-order chi connectivity index (χ0) is 11.0. The van der Waals surface area contributed by atoms with E-state index in [1.54, 1.807) is 13.0 Å². The molecule has 0 fully saturated rings. The molecule has 0 saturated carbocycles. The van der Waals surface area contributed by atoms with E-state index in [0.29, 0.717) is 11.1 Å². The Kier molecular flexibility index (Phi) is 2.56. The Hall–Kier alpha value is -1.23. The third kappa shape index (κ3) is 1.79. The van der Waals surface area contributed by atoms with E-state index in [-0.39, 0.29) is 10.6 Å². The topological polar surface area (TPSA) is 34.4 Å². The first-order valence-electron chi connectivity index (χ1n) is 4.41. The number of nitrogens with zero attached hydrogens (tertiary/aromatic N) is 2. The van der Waals surface area contributed by atoms with Gasteiger partial charge in [-0.2, -0.15) is 5.10 Å². The zero-order valence-electron chi connectivity index (χ0n) is 7.95. The molecular formula is C10H8BrFN2O. The molecule has 15 heavy (non-hydrogen) atoms. The van der Waals surface area contributed by atoms with Crippen molar-refractivity contribution in [1.29, 1.82) is 0 Å². The minimum absolute atomic E-state index is 0.153. The Balaban J connectivity index is 2.68. The lowest BCUT2D eigenvalue weighted by Crippen LogP contribution is -2.12. The summed E-state index contributed by atoms with van der Waals surface area (Å²) >= 11 is 3.17. The van der Waals surface area contributed by atoms with Crippen LogP contribution in [0.15, 0.2) is 24.5 Å². The van der Waals surface area contributed by atoms with E-state index >= 15 is 0 Å². The van der Waals surface area contributed by atoms with Crippen molar-refractivity contribution in [3.63, 3.8) is 0 Å². The molecule has 0 aliphatic carbocycles. The molecule has 0 N–H and O–H groups in total. The molecule has 0 radical (unpaired) electrons. The standard InChI is InChI=1S/C10H8BrFN2O/c1-6(11)10(15)8-4-7(12)5-14-9(8)2-3-13-14/h2-6H,1H3. The summed E-state index contributed by atoms with van der Waals surface area (Å²) in [6.45, 7) is 1.71. The molecule has 0 amide bonds. The van der Waals surface area contributed by atoms with E-state index in [4.69, 9.17) is 0 Å². The monoisotopic (exact) mass is 270 g/mol. The third-order valence-corrected chi connectivity index (χ3v) is 2.52. The molecule has 2 aromatic heterocycles. The van der Waals surface area contributed by atoms with Gasteiger partial charge < -0.3 is 0 Å². The van der Waals surface area contributed by atoms with Crippen LogP contribution in [0.25, 0.3) is 5.52 Å². The summed E-state index contributed by atoms with van der Waals surface area (Å²) in [5.74, 6) is -0.622. The number of carbonyl (C=O) groups is 1. The van der Waals surface area contributed by atoms with Crippen molar-refractivity contribution in [3.05, 3.63) is 35.9 Å². The van der Waals surface area contributed by atoms with Crippen LogP contribution >= 0.6 is 15.9 Å². The van der Waals surface area contributed by atoms with Gasteiger partial charge in [-0.05, 0) is 19.1 Å². The first-order valence-corrected chi connectivity index (χ1v) is 5.32. The van der Waals surface area contributed by atoms with Gasteiger partial charge in [0.25, 0.3) is 0 Å². The van der Waals surface area contributed by atoms with Crippen LogP contribution in [-0.4, -0.2) is 20.2 Å². The predicted octanol–water partition coefficient (Wildman–Crippen LogP) is 2.44. The summed E-state index contributed by atoms with van der Waals surface area (Å²) in [6.07, 6.45) is 2.77. The first kappa shape index (κ1) is 10.3. The Morgan fingerprint density at radius 2 is 2.40 bits per heavy atom. The highest BCUT2D eigenvalue weighted by atomic mass is 79.9. The Labute approximate surface area is 94.0 Å². The molecule has 3 nitrogen and oxygen atoms in total. The van der Waals surface area contributed by atoms with Gasteiger partial charge in [-0.15, -0.1) is 0 Å². The van der Waals surface area contributed by atoms with Crippen molar-refractivity contribution in [3.8, 4) is 0 Å². The minimum atomic E-state index is -0.470.